The fourth-order valence-electron chi connectivity index (χ4n) is 1.71. The van der Waals surface area contributed by atoms with Crippen LogP contribution < -0.4 is 10.6 Å². The molecule has 0 fully saturated rings. The summed E-state index contributed by atoms with van der Waals surface area (Å²) in [5.74, 6) is -1.95. The lowest BCUT2D eigenvalue weighted by molar-refractivity contribution is -0.136. The summed E-state index contributed by atoms with van der Waals surface area (Å²) < 4.78 is 12.9. The zero-order valence-corrected chi connectivity index (χ0v) is 11.6. The van der Waals surface area contributed by atoms with Gasteiger partial charge in [-0.2, -0.15) is 0 Å². The number of anilines is 1. The minimum absolute atomic E-state index is 0.0428. The summed E-state index contributed by atoms with van der Waals surface area (Å²) in [7, 11) is 0. The molecule has 2 amide bonds. The molecule has 0 aromatic heterocycles. The highest BCUT2D eigenvalue weighted by Crippen LogP contribution is 2.15. The number of carbonyl (C=O) groups is 2. The van der Waals surface area contributed by atoms with Crippen LogP contribution in [0.4, 0.5) is 10.1 Å². The smallest absolute Gasteiger partial charge is 0.313 e. The van der Waals surface area contributed by atoms with Gasteiger partial charge in [0, 0.05) is 18.3 Å². The van der Waals surface area contributed by atoms with Crippen LogP contribution in [0, 0.1) is 12.7 Å². The summed E-state index contributed by atoms with van der Waals surface area (Å²) in [5, 5.41) is 13.6. The Morgan fingerprint density at radius 2 is 2.05 bits per heavy atom. The van der Waals surface area contributed by atoms with Crippen molar-refractivity contribution in [3.8, 4) is 0 Å². The third-order valence-corrected chi connectivity index (χ3v) is 2.82. The lowest BCUT2D eigenvalue weighted by Gasteiger charge is -2.13. The van der Waals surface area contributed by atoms with Gasteiger partial charge >= 0.3 is 11.8 Å². The Labute approximate surface area is 117 Å². The van der Waals surface area contributed by atoms with Gasteiger partial charge in [-0.3, -0.25) is 9.59 Å². The van der Waals surface area contributed by atoms with Gasteiger partial charge < -0.3 is 15.7 Å². The van der Waals surface area contributed by atoms with E-state index in [1.165, 1.54) is 18.2 Å². The molecule has 0 bridgehead atoms. The first kappa shape index (κ1) is 16.1. The zero-order chi connectivity index (χ0) is 15.1. The van der Waals surface area contributed by atoms with E-state index in [9.17, 15) is 14.0 Å². The molecule has 0 aliphatic carbocycles. The Morgan fingerprint density at radius 3 is 2.65 bits per heavy atom. The zero-order valence-electron chi connectivity index (χ0n) is 11.6. The van der Waals surface area contributed by atoms with E-state index in [-0.39, 0.29) is 12.6 Å². The second kappa shape index (κ2) is 7.59. The molecule has 1 unspecified atom stereocenters. The van der Waals surface area contributed by atoms with E-state index >= 15 is 0 Å². The minimum Gasteiger partial charge on any atom is -0.396 e. The van der Waals surface area contributed by atoms with E-state index in [0.717, 1.165) is 0 Å². The molecule has 0 aliphatic rings. The van der Waals surface area contributed by atoms with Gasteiger partial charge in [0.25, 0.3) is 0 Å². The van der Waals surface area contributed by atoms with Crippen LogP contribution in [0.1, 0.15) is 25.3 Å². The highest BCUT2D eigenvalue weighted by molar-refractivity contribution is 6.39. The number of amides is 2. The number of carbonyl (C=O) groups excluding carboxylic acids is 2. The Balaban J connectivity index is 2.55. The summed E-state index contributed by atoms with van der Waals surface area (Å²) >= 11 is 0. The third-order valence-electron chi connectivity index (χ3n) is 2.82. The van der Waals surface area contributed by atoms with Crippen LogP contribution >= 0.6 is 0 Å². The van der Waals surface area contributed by atoms with E-state index in [4.69, 9.17) is 5.11 Å². The number of aryl methyl sites for hydroxylation is 1. The minimum atomic E-state index is -0.796. The SMILES string of the molecule is Cc1cc(F)ccc1NC(=O)C(=O)NC(C)CCCO. The molecular formula is C14H19FN2O3. The summed E-state index contributed by atoms with van der Waals surface area (Å²) in [4.78, 5) is 23.3. The molecule has 1 aromatic carbocycles. The Kier molecular flexibility index (Phi) is 6.11. The predicted octanol–water partition coefficient (Wildman–Crippen LogP) is 1.35. The van der Waals surface area contributed by atoms with E-state index in [1.54, 1.807) is 13.8 Å². The highest BCUT2D eigenvalue weighted by Gasteiger charge is 2.16. The molecule has 5 nitrogen and oxygen atoms in total. The number of halogens is 1. The molecule has 20 heavy (non-hydrogen) atoms. The summed E-state index contributed by atoms with van der Waals surface area (Å²) in [6.45, 7) is 3.44. The molecular weight excluding hydrogens is 263 g/mol. The number of aliphatic hydroxyl groups excluding tert-OH is 1. The number of hydrogen-bond acceptors (Lipinski definition) is 3. The number of benzene rings is 1. The number of rotatable bonds is 5. The van der Waals surface area contributed by atoms with Crippen LogP contribution in [0.3, 0.4) is 0 Å². The molecule has 0 aliphatic heterocycles. The van der Waals surface area contributed by atoms with Crippen molar-refractivity contribution in [1.29, 1.82) is 0 Å². The first-order valence-corrected chi connectivity index (χ1v) is 6.43. The number of hydrogen-bond donors (Lipinski definition) is 3. The van der Waals surface area contributed by atoms with Gasteiger partial charge in [-0.05, 0) is 50.5 Å². The lowest BCUT2D eigenvalue weighted by Crippen LogP contribution is -2.40. The largest absolute Gasteiger partial charge is 0.396 e. The van der Waals surface area contributed by atoms with Gasteiger partial charge in [0.05, 0.1) is 0 Å². The maximum atomic E-state index is 12.9. The number of aliphatic hydroxyl groups is 1. The molecule has 110 valence electrons. The van der Waals surface area contributed by atoms with Crippen LogP contribution in [0.5, 0.6) is 0 Å². The molecule has 0 saturated carbocycles. The van der Waals surface area contributed by atoms with Gasteiger partial charge in [0.15, 0.2) is 0 Å². The number of nitrogens with one attached hydrogen (secondary N) is 2. The van der Waals surface area contributed by atoms with Crippen molar-refractivity contribution in [1.82, 2.24) is 5.32 Å². The van der Waals surface area contributed by atoms with Crippen molar-refractivity contribution in [3.63, 3.8) is 0 Å². The normalized spacial score (nSPS) is 11.8. The standard InChI is InChI=1S/C14H19FN2O3/c1-9-8-11(15)5-6-12(9)17-14(20)13(19)16-10(2)4-3-7-18/h5-6,8,10,18H,3-4,7H2,1-2H3,(H,16,19)(H,17,20). The van der Waals surface area contributed by atoms with Crippen LogP contribution in [0.2, 0.25) is 0 Å². The maximum absolute atomic E-state index is 12.9. The Hall–Kier alpha value is -1.95. The third kappa shape index (κ3) is 4.97. The van der Waals surface area contributed by atoms with Crippen LogP contribution in [-0.4, -0.2) is 29.6 Å². The molecule has 0 saturated heterocycles. The van der Waals surface area contributed by atoms with Crippen LogP contribution in [0.15, 0.2) is 18.2 Å². The average Bonchev–Trinajstić information content (AvgIpc) is 2.39. The van der Waals surface area contributed by atoms with Crippen molar-refractivity contribution in [2.75, 3.05) is 11.9 Å². The van der Waals surface area contributed by atoms with Crippen LogP contribution in [-0.2, 0) is 9.59 Å². The topological polar surface area (TPSA) is 78.4 Å². The first-order valence-electron chi connectivity index (χ1n) is 6.43. The molecule has 0 radical (unpaired) electrons. The molecule has 0 spiro atoms. The van der Waals surface area contributed by atoms with Gasteiger partial charge in [-0.25, -0.2) is 4.39 Å². The predicted molar refractivity (Wildman–Crippen MR) is 73.7 cm³/mol. The molecule has 3 N–H and O–H groups in total. The second-order valence-corrected chi connectivity index (χ2v) is 4.65. The van der Waals surface area contributed by atoms with Crippen molar-refractivity contribution in [2.24, 2.45) is 0 Å². The highest BCUT2D eigenvalue weighted by atomic mass is 19.1. The van der Waals surface area contributed by atoms with Gasteiger partial charge in [-0.1, -0.05) is 0 Å². The average molecular weight is 282 g/mol. The fraction of sp³-hybridized carbons (Fsp3) is 0.429. The van der Waals surface area contributed by atoms with Crippen LogP contribution in [0.25, 0.3) is 0 Å². The van der Waals surface area contributed by atoms with E-state index in [2.05, 4.69) is 10.6 Å². The fourth-order valence-corrected chi connectivity index (χ4v) is 1.71. The summed E-state index contributed by atoms with van der Waals surface area (Å²) in [6, 6.07) is 3.70. The molecule has 1 rings (SSSR count). The van der Waals surface area contributed by atoms with Crippen molar-refractivity contribution < 1.29 is 19.1 Å². The van der Waals surface area contributed by atoms with E-state index < -0.39 is 17.6 Å². The Morgan fingerprint density at radius 1 is 1.35 bits per heavy atom. The van der Waals surface area contributed by atoms with E-state index in [1.807, 2.05) is 0 Å². The molecule has 1 atom stereocenters. The van der Waals surface area contributed by atoms with Gasteiger partial charge in [0.2, 0.25) is 0 Å². The summed E-state index contributed by atoms with van der Waals surface area (Å²) in [6.07, 6.45) is 1.14. The molecule has 0 heterocycles. The lowest BCUT2D eigenvalue weighted by atomic mass is 10.2. The van der Waals surface area contributed by atoms with E-state index in [0.29, 0.717) is 24.1 Å². The van der Waals surface area contributed by atoms with Crippen molar-refractivity contribution >= 4 is 17.5 Å². The quantitative estimate of drug-likeness (QED) is 0.713. The van der Waals surface area contributed by atoms with Gasteiger partial charge in [-0.15, -0.1) is 0 Å². The maximum Gasteiger partial charge on any atom is 0.313 e. The monoisotopic (exact) mass is 282 g/mol. The van der Waals surface area contributed by atoms with Crippen molar-refractivity contribution in [3.05, 3.63) is 29.6 Å². The second-order valence-electron chi connectivity index (χ2n) is 4.65. The Bertz CT molecular complexity index is 491. The first-order chi connectivity index (χ1) is 9.43. The van der Waals surface area contributed by atoms with Gasteiger partial charge in [0.1, 0.15) is 5.82 Å². The summed E-state index contributed by atoms with van der Waals surface area (Å²) in [5.41, 5.74) is 0.939. The van der Waals surface area contributed by atoms with Crippen molar-refractivity contribution in [2.45, 2.75) is 32.7 Å². The molecule has 1 aromatic rings. The molecule has 6 heteroatoms.